The molecule has 7 heteroatoms. The molecule has 0 aliphatic carbocycles. The SMILES string of the molecule is CCOc1cc(CN(CCc2c[nH]c3ccc(OC)cc23)C(=S)Nc2cc(C)cc(C)c2)ccc1O. The molecule has 36 heavy (non-hydrogen) atoms. The molecule has 0 spiro atoms. The summed E-state index contributed by atoms with van der Waals surface area (Å²) in [6.45, 7) is 7.81. The smallest absolute Gasteiger partial charge is 0.173 e. The van der Waals surface area contributed by atoms with Crippen molar-refractivity contribution in [3.05, 3.63) is 83.0 Å². The van der Waals surface area contributed by atoms with Crippen LogP contribution in [0.2, 0.25) is 0 Å². The minimum Gasteiger partial charge on any atom is -0.504 e. The van der Waals surface area contributed by atoms with Gasteiger partial charge in [-0.25, -0.2) is 0 Å². The molecule has 3 aromatic carbocycles. The van der Waals surface area contributed by atoms with Gasteiger partial charge in [0.15, 0.2) is 16.6 Å². The maximum atomic E-state index is 10.1. The van der Waals surface area contributed by atoms with Crippen LogP contribution >= 0.6 is 12.2 Å². The third kappa shape index (κ3) is 6.10. The van der Waals surface area contributed by atoms with Crippen molar-refractivity contribution < 1.29 is 14.6 Å². The third-order valence-electron chi connectivity index (χ3n) is 6.08. The number of phenolic OH excluding ortho intramolecular Hbond substituents is 1. The number of ether oxygens (including phenoxy) is 2. The molecule has 4 rings (SSSR count). The minimum absolute atomic E-state index is 0.135. The van der Waals surface area contributed by atoms with Gasteiger partial charge in [-0.1, -0.05) is 12.1 Å². The Morgan fingerprint density at radius 3 is 2.56 bits per heavy atom. The van der Waals surface area contributed by atoms with Crippen LogP contribution in [-0.2, 0) is 13.0 Å². The van der Waals surface area contributed by atoms with Gasteiger partial charge in [-0.05, 0) is 104 Å². The van der Waals surface area contributed by atoms with Gasteiger partial charge in [0.25, 0.3) is 0 Å². The molecular weight excluding hydrogens is 470 g/mol. The number of aryl methyl sites for hydroxylation is 2. The van der Waals surface area contributed by atoms with Crippen molar-refractivity contribution in [2.75, 3.05) is 25.6 Å². The number of H-pyrrole nitrogens is 1. The average Bonchev–Trinajstić information content (AvgIpc) is 3.25. The van der Waals surface area contributed by atoms with Crippen LogP contribution in [0.4, 0.5) is 5.69 Å². The zero-order chi connectivity index (χ0) is 25.7. The third-order valence-corrected chi connectivity index (χ3v) is 6.44. The molecule has 3 N–H and O–H groups in total. The highest BCUT2D eigenvalue weighted by Crippen LogP contribution is 2.28. The number of hydrogen-bond acceptors (Lipinski definition) is 4. The second kappa shape index (κ2) is 11.4. The molecule has 0 radical (unpaired) electrons. The number of rotatable bonds is 9. The lowest BCUT2D eigenvalue weighted by Gasteiger charge is -2.26. The van der Waals surface area contributed by atoms with E-state index in [1.807, 2.05) is 31.2 Å². The molecule has 0 aliphatic heterocycles. The van der Waals surface area contributed by atoms with Gasteiger partial charge in [-0.2, -0.15) is 0 Å². The Kier molecular flexibility index (Phi) is 8.00. The van der Waals surface area contributed by atoms with Crippen LogP contribution in [0.15, 0.2) is 60.8 Å². The number of thiocarbonyl (C=S) groups is 1. The number of benzene rings is 3. The number of aromatic hydroxyl groups is 1. The van der Waals surface area contributed by atoms with Gasteiger partial charge in [-0.15, -0.1) is 0 Å². The average molecular weight is 504 g/mol. The van der Waals surface area contributed by atoms with Gasteiger partial charge >= 0.3 is 0 Å². The predicted octanol–water partition coefficient (Wildman–Crippen LogP) is 6.34. The summed E-state index contributed by atoms with van der Waals surface area (Å²) in [4.78, 5) is 5.50. The Morgan fingerprint density at radius 1 is 1.06 bits per heavy atom. The molecular formula is C29H33N3O3S. The number of fused-ring (bicyclic) bond motifs is 1. The molecule has 0 atom stereocenters. The lowest BCUT2D eigenvalue weighted by molar-refractivity contribution is 0.317. The molecule has 0 bridgehead atoms. The van der Waals surface area contributed by atoms with Crippen LogP contribution in [0.25, 0.3) is 10.9 Å². The topological polar surface area (TPSA) is 69.8 Å². The summed E-state index contributed by atoms with van der Waals surface area (Å²) < 4.78 is 11.0. The maximum Gasteiger partial charge on any atom is 0.173 e. The Balaban J connectivity index is 1.58. The first-order valence-corrected chi connectivity index (χ1v) is 12.5. The standard InChI is InChI=1S/C29H33N3O3S/c1-5-35-28-15-21(6-9-27(28)33)18-32(29(36)31-23-13-19(2)12-20(3)14-23)11-10-22-17-30-26-8-7-24(34-4)16-25(22)26/h6-9,12-17,30,33H,5,10-11,18H2,1-4H3,(H,31,36). The van der Waals surface area contributed by atoms with E-state index in [4.69, 9.17) is 21.7 Å². The van der Waals surface area contributed by atoms with Crippen molar-refractivity contribution >= 4 is 33.9 Å². The lowest BCUT2D eigenvalue weighted by Crippen LogP contribution is -2.36. The molecule has 1 aromatic heterocycles. The van der Waals surface area contributed by atoms with E-state index in [1.165, 1.54) is 16.7 Å². The fourth-order valence-electron chi connectivity index (χ4n) is 4.40. The fourth-order valence-corrected chi connectivity index (χ4v) is 4.67. The molecule has 0 amide bonds. The van der Waals surface area contributed by atoms with Gasteiger partial charge in [-0.3, -0.25) is 0 Å². The quantitative estimate of drug-likeness (QED) is 0.232. The highest BCUT2D eigenvalue weighted by atomic mass is 32.1. The minimum atomic E-state index is 0.135. The Morgan fingerprint density at radius 2 is 1.83 bits per heavy atom. The maximum absolute atomic E-state index is 10.1. The van der Waals surface area contributed by atoms with E-state index in [0.717, 1.165) is 34.3 Å². The molecule has 0 unspecified atom stereocenters. The molecule has 0 saturated carbocycles. The van der Waals surface area contributed by atoms with E-state index >= 15 is 0 Å². The first kappa shape index (κ1) is 25.4. The van der Waals surface area contributed by atoms with E-state index in [1.54, 1.807) is 13.2 Å². The van der Waals surface area contributed by atoms with Gasteiger partial charge in [0.1, 0.15) is 5.75 Å². The molecule has 0 aliphatic rings. The summed E-state index contributed by atoms with van der Waals surface area (Å²) >= 11 is 5.89. The van der Waals surface area contributed by atoms with E-state index in [9.17, 15) is 5.11 Å². The lowest BCUT2D eigenvalue weighted by atomic mass is 10.1. The van der Waals surface area contributed by atoms with Gasteiger partial charge in [0.2, 0.25) is 0 Å². The fraction of sp³-hybridized carbons (Fsp3) is 0.276. The van der Waals surface area contributed by atoms with Crippen LogP contribution < -0.4 is 14.8 Å². The summed E-state index contributed by atoms with van der Waals surface area (Å²) in [6.07, 6.45) is 2.84. The van der Waals surface area contributed by atoms with Crippen molar-refractivity contribution in [1.82, 2.24) is 9.88 Å². The second-order valence-electron chi connectivity index (χ2n) is 8.94. The summed E-state index contributed by atoms with van der Waals surface area (Å²) in [7, 11) is 1.68. The molecule has 0 saturated heterocycles. The Bertz CT molecular complexity index is 1350. The van der Waals surface area contributed by atoms with Crippen LogP contribution in [-0.4, -0.2) is 40.4 Å². The first-order chi connectivity index (χ1) is 17.4. The van der Waals surface area contributed by atoms with Crippen LogP contribution in [0.3, 0.4) is 0 Å². The van der Waals surface area contributed by atoms with Crippen molar-refractivity contribution in [2.45, 2.75) is 33.7 Å². The Labute approximate surface area is 217 Å². The van der Waals surface area contributed by atoms with E-state index in [0.29, 0.717) is 30.6 Å². The van der Waals surface area contributed by atoms with Crippen LogP contribution in [0, 0.1) is 13.8 Å². The number of anilines is 1. The Hall–Kier alpha value is -3.71. The molecule has 188 valence electrons. The number of hydrogen-bond donors (Lipinski definition) is 3. The van der Waals surface area contributed by atoms with Gasteiger partial charge in [0, 0.05) is 35.9 Å². The van der Waals surface area contributed by atoms with Crippen molar-refractivity contribution in [3.63, 3.8) is 0 Å². The molecule has 6 nitrogen and oxygen atoms in total. The van der Waals surface area contributed by atoms with Crippen molar-refractivity contribution in [2.24, 2.45) is 0 Å². The largest absolute Gasteiger partial charge is 0.504 e. The predicted molar refractivity (Wildman–Crippen MR) is 150 cm³/mol. The summed E-state index contributed by atoms with van der Waals surface area (Å²) in [5, 5.41) is 15.4. The molecule has 1 heterocycles. The normalized spacial score (nSPS) is 10.9. The number of methoxy groups -OCH3 is 1. The number of aromatic nitrogens is 1. The van der Waals surface area contributed by atoms with Gasteiger partial charge in [0.05, 0.1) is 13.7 Å². The van der Waals surface area contributed by atoms with Crippen LogP contribution in [0.5, 0.6) is 17.2 Å². The molecule has 4 aromatic rings. The molecule has 0 fully saturated rings. The highest BCUT2D eigenvalue weighted by molar-refractivity contribution is 7.80. The summed E-state index contributed by atoms with van der Waals surface area (Å²) in [5.74, 6) is 1.45. The summed E-state index contributed by atoms with van der Waals surface area (Å²) in [5.41, 5.74) is 6.61. The summed E-state index contributed by atoms with van der Waals surface area (Å²) in [6, 6.07) is 17.8. The van der Waals surface area contributed by atoms with Crippen molar-refractivity contribution in [1.29, 1.82) is 0 Å². The van der Waals surface area contributed by atoms with Crippen molar-refractivity contribution in [3.8, 4) is 17.2 Å². The monoisotopic (exact) mass is 503 g/mol. The number of nitrogens with zero attached hydrogens (tertiary/aromatic N) is 1. The van der Waals surface area contributed by atoms with E-state index in [2.05, 4.69) is 59.5 Å². The van der Waals surface area contributed by atoms with E-state index in [-0.39, 0.29) is 5.75 Å². The second-order valence-corrected chi connectivity index (χ2v) is 9.33. The van der Waals surface area contributed by atoms with Crippen LogP contribution in [0.1, 0.15) is 29.2 Å². The number of nitrogens with one attached hydrogen (secondary N) is 2. The van der Waals surface area contributed by atoms with Gasteiger partial charge < -0.3 is 29.8 Å². The first-order valence-electron chi connectivity index (χ1n) is 12.1. The number of phenols is 1. The highest BCUT2D eigenvalue weighted by Gasteiger charge is 2.15. The zero-order valence-corrected chi connectivity index (χ0v) is 22.0. The zero-order valence-electron chi connectivity index (χ0n) is 21.2. The number of aromatic amines is 1. The van der Waals surface area contributed by atoms with E-state index < -0.39 is 0 Å².